The van der Waals surface area contributed by atoms with E-state index in [1.807, 2.05) is 6.92 Å². The van der Waals surface area contributed by atoms with Gasteiger partial charge in [-0.05, 0) is 18.6 Å². The molecule has 0 aliphatic carbocycles. The van der Waals surface area contributed by atoms with Crippen molar-refractivity contribution in [3.63, 3.8) is 0 Å². The lowest BCUT2D eigenvalue weighted by molar-refractivity contribution is -0.940. The van der Waals surface area contributed by atoms with Crippen molar-refractivity contribution < 1.29 is 10.0 Å². The maximum atomic E-state index is 11.1. The van der Waals surface area contributed by atoms with Gasteiger partial charge in [0.2, 0.25) is 10.8 Å². The summed E-state index contributed by atoms with van der Waals surface area (Å²) < 4.78 is 1.61. The van der Waals surface area contributed by atoms with Crippen LogP contribution in [0.3, 0.4) is 0 Å². The van der Waals surface area contributed by atoms with Crippen LogP contribution < -0.4 is 4.90 Å². The highest BCUT2D eigenvalue weighted by molar-refractivity contribution is 7.17. The zero-order chi connectivity index (χ0) is 20.0. The van der Waals surface area contributed by atoms with E-state index in [9.17, 15) is 5.11 Å². The first-order chi connectivity index (χ1) is 14.1. The number of thiazole rings is 1. The lowest BCUT2D eigenvalue weighted by atomic mass is 9.95. The van der Waals surface area contributed by atoms with E-state index in [2.05, 4.69) is 65.5 Å². The van der Waals surface area contributed by atoms with Crippen LogP contribution in [0.2, 0.25) is 0 Å². The molecule has 2 aromatic heterocycles. The molecule has 3 heterocycles. The summed E-state index contributed by atoms with van der Waals surface area (Å²) in [5.41, 5.74) is 5.31. The Balaban J connectivity index is 1.62. The highest BCUT2D eigenvalue weighted by atomic mass is 32.1. The molecule has 0 saturated carbocycles. The van der Waals surface area contributed by atoms with E-state index >= 15 is 0 Å². The molecule has 5 rings (SSSR count). The van der Waals surface area contributed by atoms with Crippen molar-refractivity contribution >= 4 is 16.3 Å². The predicted octanol–water partition coefficient (Wildman–Crippen LogP) is 3.10. The normalized spacial score (nSPS) is 17.4. The van der Waals surface area contributed by atoms with Crippen LogP contribution in [0.4, 0.5) is 0 Å². The summed E-state index contributed by atoms with van der Waals surface area (Å²) in [4.78, 5) is 7.75. The van der Waals surface area contributed by atoms with Crippen molar-refractivity contribution in [1.29, 1.82) is 0 Å². The summed E-state index contributed by atoms with van der Waals surface area (Å²) in [6.45, 7) is 6.13. The molecule has 2 N–H and O–H groups in total. The number of nitrogens with one attached hydrogen (secondary N) is 1. The van der Waals surface area contributed by atoms with Gasteiger partial charge in [0, 0.05) is 24.0 Å². The summed E-state index contributed by atoms with van der Waals surface area (Å²) in [5.74, 6) is 1.000. The fourth-order valence-electron chi connectivity index (χ4n) is 4.40. The fourth-order valence-corrected chi connectivity index (χ4v) is 5.56. The Bertz CT molecular complexity index is 1180. The predicted molar refractivity (Wildman–Crippen MR) is 115 cm³/mol. The maximum absolute atomic E-state index is 11.1. The number of fused-ring (bicyclic) bond motifs is 2. The molecule has 6 heteroatoms. The number of hydrogen-bond acceptors (Lipinski definition) is 4. The highest BCUT2D eigenvalue weighted by Crippen LogP contribution is 2.35. The van der Waals surface area contributed by atoms with Crippen molar-refractivity contribution in [2.24, 2.45) is 0 Å². The number of quaternary nitrogens is 1. The Morgan fingerprint density at radius 2 is 2.00 bits per heavy atom. The molecular weight excluding hydrogens is 380 g/mol. The molecular formula is C23H25N4OS+. The first kappa shape index (κ1) is 18.3. The van der Waals surface area contributed by atoms with Crippen LogP contribution in [0, 0.1) is 6.92 Å². The SMILES string of the molecule is CCc1nc2sc([C@H](c3cccc(C)c3)[NH+]3CCc4ccccc4C3)c(O)n2n1. The molecule has 1 unspecified atom stereocenters. The molecule has 0 radical (unpaired) electrons. The van der Waals surface area contributed by atoms with Gasteiger partial charge >= 0.3 is 0 Å². The summed E-state index contributed by atoms with van der Waals surface area (Å²) in [6, 6.07) is 17.4. The third-order valence-corrected chi connectivity index (χ3v) is 6.94. The van der Waals surface area contributed by atoms with Crippen molar-refractivity contribution in [2.75, 3.05) is 6.54 Å². The number of rotatable bonds is 4. The van der Waals surface area contributed by atoms with Gasteiger partial charge in [-0.3, -0.25) is 0 Å². The molecule has 148 valence electrons. The molecule has 0 saturated heterocycles. The van der Waals surface area contributed by atoms with Crippen molar-refractivity contribution in [3.05, 3.63) is 81.5 Å². The quantitative estimate of drug-likeness (QED) is 0.549. The van der Waals surface area contributed by atoms with Crippen LogP contribution in [0.25, 0.3) is 4.96 Å². The number of nitrogens with zero attached hydrogens (tertiary/aromatic N) is 3. The molecule has 1 aliphatic rings. The van der Waals surface area contributed by atoms with Crippen LogP contribution in [0.15, 0.2) is 48.5 Å². The molecule has 5 nitrogen and oxygen atoms in total. The van der Waals surface area contributed by atoms with Gasteiger partial charge in [0.1, 0.15) is 11.4 Å². The Morgan fingerprint density at radius 3 is 2.76 bits per heavy atom. The van der Waals surface area contributed by atoms with Crippen LogP contribution >= 0.6 is 11.3 Å². The van der Waals surface area contributed by atoms with E-state index in [0.717, 1.165) is 41.6 Å². The molecule has 2 aromatic carbocycles. The van der Waals surface area contributed by atoms with Gasteiger partial charge in [0.25, 0.3) is 0 Å². The first-order valence-electron chi connectivity index (χ1n) is 10.2. The van der Waals surface area contributed by atoms with E-state index in [4.69, 9.17) is 0 Å². The van der Waals surface area contributed by atoms with E-state index in [0.29, 0.717) is 0 Å². The van der Waals surface area contributed by atoms with Gasteiger partial charge in [-0.15, -0.1) is 5.10 Å². The Morgan fingerprint density at radius 1 is 1.17 bits per heavy atom. The minimum Gasteiger partial charge on any atom is -0.492 e. The molecule has 0 amide bonds. The Labute approximate surface area is 174 Å². The molecule has 29 heavy (non-hydrogen) atoms. The first-order valence-corrected chi connectivity index (χ1v) is 11.0. The second kappa shape index (κ2) is 7.28. The number of benzene rings is 2. The van der Waals surface area contributed by atoms with Gasteiger partial charge in [-0.1, -0.05) is 66.3 Å². The minimum absolute atomic E-state index is 0.0573. The van der Waals surface area contributed by atoms with Crippen LogP contribution in [-0.2, 0) is 19.4 Å². The molecule has 2 atom stereocenters. The van der Waals surface area contributed by atoms with E-state index in [-0.39, 0.29) is 11.9 Å². The lowest BCUT2D eigenvalue weighted by Gasteiger charge is -2.32. The number of hydrogen-bond donors (Lipinski definition) is 2. The zero-order valence-corrected chi connectivity index (χ0v) is 17.5. The Kier molecular flexibility index (Phi) is 4.60. The summed E-state index contributed by atoms with van der Waals surface area (Å²) in [6.07, 6.45) is 1.81. The summed E-state index contributed by atoms with van der Waals surface area (Å²) >= 11 is 1.56. The Hall–Kier alpha value is -2.70. The van der Waals surface area contributed by atoms with Gasteiger partial charge in [0.15, 0.2) is 11.9 Å². The molecule has 0 bridgehead atoms. The average molecular weight is 406 g/mol. The zero-order valence-electron chi connectivity index (χ0n) is 16.7. The lowest BCUT2D eigenvalue weighted by Crippen LogP contribution is -3.12. The number of aromatic hydroxyl groups is 1. The topological polar surface area (TPSA) is 54.9 Å². The second-order valence-electron chi connectivity index (χ2n) is 7.82. The van der Waals surface area contributed by atoms with Crippen LogP contribution in [-0.4, -0.2) is 26.2 Å². The third kappa shape index (κ3) is 3.22. The monoisotopic (exact) mass is 405 g/mol. The summed E-state index contributed by atoms with van der Waals surface area (Å²) in [7, 11) is 0. The van der Waals surface area contributed by atoms with E-state index < -0.39 is 0 Å². The standard InChI is InChI=1S/C23H24N4OS/c1-3-19-24-23-27(25-19)22(28)21(29-23)20(17-10-6-7-15(2)13-17)26-12-11-16-8-4-5-9-18(16)14-26/h4-10,13,20,28H,3,11-12,14H2,1-2H3/p+1/t20-/m0/s1. The highest BCUT2D eigenvalue weighted by Gasteiger charge is 2.34. The molecule has 4 aromatic rings. The van der Waals surface area contributed by atoms with Gasteiger partial charge in [-0.25, -0.2) is 4.98 Å². The molecule has 1 aliphatic heterocycles. The third-order valence-electron chi connectivity index (χ3n) is 5.86. The number of aryl methyl sites for hydroxylation is 2. The van der Waals surface area contributed by atoms with E-state index in [1.54, 1.807) is 15.9 Å². The molecule has 0 fully saturated rings. The van der Waals surface area contributed by atoms with Gasteiger partial charge < -0.3 is 10.0 Å². The summed E-state index contributed by atoms with van der Waals surface area (Å²) in [5, 5.41) is 15.6. The fraction of sp³-hybridized carbons (Fsp3) is 0.304. The minimum atomic E-state index is 0.0573. The maximum Gasteiger partial charge on any atom is 0.235 e. The van der Waals surface area contributed by atoms with Crippen LogP contribution in [0.1, 0.15) is 45.9 Å². The van der Waals surface area contributed by atoms with Crippen LogP contribution in [0.5, 0.6) is 5.88 Å². The average Bonchev–Trinajstić information content (AvgIpc) is 3.27. The molecule has 0 spiro atoms. The van der Waals surface area contributed by atoms with Crippen molar-refractivity contribution in [3.8, 4) is 5.88 Å². The second-order valence-corrected chi connectivity index (χ2v) is 8.83. The van der Waals surface area contributed by atoms with Crippen molar-refractivity contribution in [1.82, 2.24) is 14.6 Å². The van der Waals surface area contributed by atoms with Gasteiger partial charge in [0.05, 0.1) is 6.54 Å². The largest absolute Gasteiger partial charge is 0.492 e. The smallest absolute Gasteiger partial charge is 0.235 e. The number of aromatic nitrogens is 3. The van der Waals surface area contributed by atoms with Gasteiger partial charge in [-0.2, -0.15) is 4.52 Å². The van der Waals surface area contributed by atoms with Crippen molar-refractivity contribution in [2.45, 2.75) is 39.3 Å². The van der Waals surface area contributed by atoms with E-state index in [1.165, 1.54) is 27.2 Å².